The van der Waals surface area contributed by atoms with Gasteiger partial charge in [-0.3, -0.25) is 9.59 Å². The fourth-order valence-corrected chi connectivity index (χ4v) is 1.84. The number of nitrogens with one attached hydrogen (secondary N) is 3. The van der Waals surface area contributed by atoms with Crippen LogP contribution in [0.4, 0.5) is 11.4 Å². The third-order valence-electron chi connectivity index (χ3n) is 3.38. The lowest BCUT2D eigenvalue weighted by Crippen LogP contribution is -2.29. The van der Waals surface area contributed by atoms with Crippen molar-refractivity contribution in [3.8, 4) is 0 Å². The minimum atomic E-state index is -0.0538. The first kappa shape index (κ1) is 18.5. The van der Waals surface area contributed by atoms with Crippen LogP contribution in [-0.2, 0) is 9.59 Å². The molecule has 0 radical (unpaired) electrons. The molecule has 1 fully saturated rings. The highest BCUT2D eigenvalue weighted by atomic mass is 35.5. The molecule has 122 valence electrons. The van der Waals surface area contributed by atoms with E-state index in [0.717, 1.165) is 23.8 Å². The van der Waals surface area contributed by atoms with Crippen LogP contribution in [0, 0.1) is 11.8 Å². The summed E-state index contributed by atoms with van der Waals surface area (Å²) in [6, 6.07) is 7.14. The average Bonchev–Trinajstić information content (AvgIpc) is 3.25. The summed E-state index contributed by atoms with van der Waals surface area (Å²) in [5, 5.41) is 8.79. The normalized spacial score (nSPS) is 13.4. The van der Waals surface area contributed by atoms with Gasteiger partial charge in [-0.15, -0.1) is 12.4 Å². The number of carbonyl (C=O) groups is 2. The molecule has 1 aliphatic carbocycles. The first-order valence-electron chi connectivity index (χ1n) is 7.46. The zero-order chi connectivity index (χ0) is 15.2. The summed E-state index contributed by atoms with van der Waals surface area (Å²) in [4.78, 5) is 23.3. The summed E-state index contributed by atoms with van der Waals surface area (Å²) in [7, 11) is 0. The summed E-state index contributed by atoms with van der Waals surface area (Å²) in [5.41, 5.74) is 1.47. The van der Waals surface area contributed by atoms with E-state index < -0.39 is 0 Å². The van der Waals surface area contributed by atoms with Crippen molar-refractivity contribution in [2.45, 2.75) is 26.7 Å². The van der Waals surface area contributed by atoms with Crippen LogP contribution in [0.15, 0.2) is 24.3 Å². The SMILES string of the molecule is CC(C)C(=O)Nc1ccc(NC(=O)CNCC2CC2)cc1.Cl. The second kappa shape index (κ2) is 8.76. The van der Waals surface area contributed by atoms with Gasteiger partial charge in [-0.2, -0.15) is 0 Å². The Balaban J connectivity index is 0.00000242. The minimum absolute atomic E-state index is 0. The molecule has 0 aromatic heterocycles. The zero-order valence-electron chi connectivity index (χ0n) is 13.0. The zero-order valence-corrected chi connectivity index (χ0v) is 13.8. The fraction of sp³-hybridized carbons (Fsp3) is 0.500. The molecule has 0 atom stereocenters. The van der Waals surface area contributed by atoms with E-state index in [2.05, 4.69) is 16.0 Å². The van der Waals surface area contributed by atoms with Crippen LogP contribution in [-0.4, -0.2) is 24.9 Å². The maximum absolute atomic E-state index is 11.7. The van der Waals surface area contributed by atoms with Crippen molar-refractivity contribution in [1.29, 1.82) is 0 Å². The molecule has 0 heterocycles. The molecule has 2 amide bonds. The maximum Gasteiger partial charge on any atom is 0.238 e. The van der Waals surface area contributed by atoms with Crippen LogP contribution < -0.4 is 16.0 Å². The highest BCUT2D eigenvalue weighted by Gasteiger charge is 2.20. The second-order valence-electron chi connectivity index (χ2n) is 5.84. The Kier molecular flexibility index (Phi) is 7.35. The molecule has 0 aliphatic heterocycles. The van der Waals surface area contributed by atoms with E-state index in [0.29, 0.717) is 6.54 Å². The highest BCUT2D eigenvalue weighted by Crippen LogP contribution is 2.27. The largest absolute Gasteiger partial charge is 0.326 e. The second-order valence-corrected chi connectivity index (χ2v) is 5.84. The van der Waals surface area contributed by atoms with E-state index in [1.807, 2.05) is 13.8 Å². The molecular formula is C16H24ClN3O2. The minimum Gasteiger partial charge on any atom is -0.326 e. The number of hydrogen-bond donors (Lipinski definition) is 3. The molecule has 2 rings (SSSR count). The number of halogens is 1. The molecule has 1 aromatic rings. The van der Waals surface area contributed by atoms with Crippen LogP contribution in [0.1, 0.15) is 26.7 Å². The molecule has 1 aromatic carbocycles. The molecule has 5 nitrogen and oxygen atoms in total. The van der Waals surface area contributed by atoms with Gasteiger partial charge in [0.2, 0.25) is 11.8 Å². The molecule has 3 N–H and O–H groups in total. The molecular weight excluding hydrogens is 302 g/mol. The van der Waals surface area contributed by atoms with Crippen LogP contribution in [0.3, 0.4) is 0 Å². The van der Waals surface area contributed by atoms with E-state index >= 15 is 0 Å². The quantitative estimate of drug-likeness (QED) is 0.721. The standard InChI is InChI=1S/C16H23N3O2.ClH/c1-11(2)16(21)19-14-7-5-13(6-8-14)18-15(20)10-17-9-12-3-4-12;/h5-8,11-12,17H,3-4,9-10H2,1-2H3,(H,18,20)(H,19,21);1H. The Labute approximate surface area is 137 Å². The number of hydrogen-bond acceptors (Lipinski definition) is 3. The Morgan fingerprint density at radius 3 is 2.14 bits per heavy atom. The van der Waals surface area contributed by atoms with Gasteiger partial charge in [-0.25, -0.2) is 0 Å². The first-order valence-corrected chi connectivity index (χ1v) is 7.46. The third-order valence-corrected chi connectivity index (χ3v) is 3.38. The van der Waals surface area contributed by atoms with Gasteiger partial charge in [0.1, 0.15) is 0 Å². The molecule has 6 heteroatoms. The fourth-order valence-electron chi connectivity index (χ4n) is 1.84. The Morgan fingerprint density at radius 1 is 1.09 bits per heavy atom. The van der Waals surface area contributed by atoms with Gasteiger partial charge in [0.15, 0.2) is 0 Å². The first-order chi connectivity index (χ1) is 10.0. The summed E-state index contributed by atoms with van der Waals surface area (Å²) in [5.74, 6) is 0.647. The summed E-state index contributed by atoms with van der Waals surface area (Å²) >= 11 is 0. The van der Waals surface area contributed by atoms with Crippen LogP contribution in [0.2, 0.25) is 0 Å². The maximum atomic E-state index is 11.7. The Morgan fingerprint density at radius 2 is 1.64 bits per heavy atom. The van der Waals surface area contributed by atoms with Crippen molar-refractivity contribution >= 4 is 35.6 Å². The Hall–Kier alpha value is -1.59. The number of benzene rings is 1. The molecule has 0 saturated heterocycles. The molecule has 0 unspecified atom stereocenters. The molecule has 22 heavy (non-hydrogen) atoms. The van der Waals surface area contributed by atoms with Crippen molar-refractivity contribution in [2.75, 3.05) is 23.7 Å². The lowest BCUT2D eigenvalue weighted by molar-refractivity contribution is -0.119. The van der Waals surface area contributed by atoms with Gasteiger partial charge < -0.3 is 16.0 Å². The van der Waals surface area contributed by atoms with Crippen molar-refractivity contribution in [1.82, 2.24) is 5.32 Å². The van der Waals surface area contributed by atoms with E-state index in [1.54, 1.807) is 24.3 Å². The van der Waals surface area contributed by atoms with Gasteiger partial charge in [0.05, 0.1) is 6.54 Å². The van der Waals surface area contributed by atoms with E-state index in [9.17, 15) is 9.59 Å². The van der Waals surface area contributed by atoms with Gasteiger partial charge in [0, 0.05) is 17.3 Å². The molecule has 0 spiro atoms. The topological polar surface area (TPSA) is 70.2 Å². The van der Waals surface area contributed by atoms with E-state index in [1.165, 1.54) is 12.8 Å². The monoisotopic (exact) mass is 325 g/mol. The molecule has 0 bridgehead atoms. The van der Waals surface area contributed by atoms with Crippen LogP contribution in [0.5, 0.6) is 0 Å². The predicted molar refractivity (Wildman–Crippen MR) is 91.4 cm³/mol. The predicted octanol–water partition coefficient (Wildman–Crippen LogP) is 2.64. The highest BCUT2D eigenvalue weighted by molar-refractivity contribution is 5.94. The number of anilines is 2. The number of amides is 2. The van der Waals surface area contributed by atoms with Crippen molar-refractivity contribution < 1.29 is 9.59 Å². The molecule has 1 aliphatic rings. The lowest BCUT2D eigenvalue weighted by Gasteiger charge is -2.09. The number of rotatable bonds is 7. The summed E-state index contributed by atoms with van der Waals surface area (Å²) in [6.07, 6.45) is 2.55. The third kappa shape index (κ3) is 6.45. The smallest absolute Gasteiger partial charge is 0.238 e. The summed E-state index contributed by atoms with van der Waals surface area (Å²) in [6.45, 7) is 4.95. The summed E-state index contributed by atoms with van der Waals surface area (Å²) < 4.78 is 0. The van der Waals surface area contributed by atoms with Gasteiger partial charge in [-0.05, 0) is 49.6 Å². The van der Waals surface area contributed by atoms with Gasteiger partial charge >= 0.3 is 0 Å². The van der Waals surface area contributed by atoms with E-state index in [-0.39, 0.29) is 30.1 Å². The van der Waals surface area contributed by atoms with Crippen LogP contribution in [0.25, 0.3) is 0 Å². The Bertz CT molecular complexity index is 499. The van der Waals surface area contributed by atoms with Gasteiger partial charge in [-0.1, -0.05) is 13.8 Å². The van der Waals surface area contributed by atoms with Crippen molar-refractivity contribution in [3.63, 3.8) is 0 Å². The average molecular weight is 326 g/mol. The van der Waals surface area contributed by atoms with Crippen molar-refractivity contribution in [2.24, 2.45) is 11.8 Å². The van der Waals surface area contributed by atoms with Crippen molar-refractivity contribution in [3.05, 3.63) is 24.3 Å². The number of carbonyl (C=O) groups excluding carboxylic acids is 2. The van der Waals surface area contributed by atoms with Gasteiger partial charge in [0.25, 0.3) is 0 Å². The molecule has 1 saturated carbocycles. The lowest BCUT2D eigenvalue weighted by atomic mass is 10.2. The van der Waals surface area contributed by atoms with Crippen LogP contribution >= 0.6 is 12.4 Å². The van der Waals surface area contributed by atoms with E-state index in [4.69, 9.17) is 0 Å².